The Morgan fingerprint density at radius 1 is 1.47 bits per heavy atom. The van der Waals surface area contributed by atoms with E-state index in [0.29, 0.717) is 5.82 Å². The molecule has 0 radical (unpaired) electrons. The van der Waals surface area contributed by atoms with Gasteiger partial charge in [0.2, 0.25) is 0 Å². The fourth-order valence-corrected chi connectivity index (χ4v) is 1.78. The van der Waals surface area contributed by atoms with Gasteiger partial charge in [0.05, 0.1) is 0 Å². The number of pyridine rings is 1. The molecule has 88 valence electrons. The molecule has 0 unspecified atom stereocenters. The highest BCUT2D eigenvalue weighted by atomic mass is 79.9. The monoisotopic (exact) mass is 361 g/mol. The van der Waals surface area contributed by atoms with Crippen molar-refractivity contribution in [3.8, 4) is 5.82 Å². The first-order valence-electron chi connectivity index (χ1n) is 4.38. The molecular weight excluding hydrogens is 358 g/mol. The topological polar surface area (TPSA) is 86.7 Å². The van der Waals surface area contributed by atoms with Crippen molar-refractivity contribution in [2.24, 2.45) is 0 Å². The van der Waals surface area contributed by atoms with Crippen molar-refractivity contribution in [2.75, 3.05) is 0 Å². The highest BCUT2D eigenvalue weighted by molar-refractivity contribution is 9.10. The number of hydrogen-bond acceptors (Lipinski definition) is 5. The lowest BCUT2D eigenvalue weighted by atomic mass is 10.3. The first-order chi connectivity index (χ1) is 7.99. The summed E-state index contributed by atoms with van der Waals surface area (Å²) in [4.78, 5) is 17.6. The zero-order valence-electron chi connectivity index (χ0n) is 8.46. The van der Waals surface area contributed by atoms with Crippen molar-refractivity contribution < 1.29 is 4.92 Å². The number of aryl methyl sites for hydroxylation is 1. The van der Waals surface area contributed by atoms with Crippen molar-refractivity contribution >= 4 is 37.8 Å². The molecule has 0 aliphatic carbocycles. The molecule has 0 saturated heterocycles. The van der Waals surface area contributed by atoms with Crippen LogP contribution in [0, 0.1) is 17.0 Å². The normalized spacial score (nSPS) is 10.5. The second-order valence-corrected chi connectivity index (χ2v) is 4.71. The molecule has 0 fully saturated rings. The molecule has 0 aliphatic heterocycles. The Hall–Kier alpha value is -1.35. The molecule has 17 heavy (non-hydrogen) atoms. The van der Waals surface area contributed by atoms with E-state index >= 15 is 0 Å². The van der Waals surface area contributed by atoms with Gasteiger partial charge in [0.1, 0.15) is 0 Å². The van der Waals surface area contributed by atoms with Crippen molar-refractivity contribution in [3.63, 3.8) is 0 Å². The molecule has 2 aromatic heterocycles. The highest BCUT2D eigenvalue weighted by Crippen LogP contribution is 2.20. The van der Waals surface area contributed by atoms with Gasteiger partial charge in [-0.1, -0.05) is 0 Å². The lowest BCUT2D eigenvalue weighted by Gasteiger charge is -2.00. The van der Waals surface area contributed by atoms with Gasteiger partial charge in [-0.2, -0.15) is 0 Å². The van der Waals surface area contributed by atoms with E-state index in [4.69, 9.17) is 0 Å². The van der Waals surface area contributed by atoms with Crippen LogP contribution >= 0.6 is 31.9 Å². The van der Waals surface area contributed by atoms with E-state index in [9.17, 15) is 10.1 Å². The Bertz CT molecular complexity index is 598. The summed E-state index contributed by atoms with van der Waals surface area (Å²) in [6, 6.07) is 1.74. The lowest BCUT2D eigenvalue weighted by molar-refractivity contribution is -0.394. The quantitative estimate of drug-likeness (QED) is 0.604. The number of nitro groups is 1. The predicted octanol–water partition coefficient (Wildman–Crippen LogP) is 2.40. The maximum atomic E-state index is 10.5. The van der Waals surface area contributed by atoms with Gasteiger partial charge in [-0.05, 0) is 44.4 Å². The fourth-order valence-electron chi connectivity index (χ4n) is 1.15. The molecule has 0 aromatic carbocycles. The largest absolute Gasteiger partial charge is 0.492 e. The second kappa shape index (κ2) is 4.49. The molecule has 0 N–H and O–H groups in total. The third kappa shape index (κ3) is 2.34. The molecule has 7 nitrogen and oxygen atoms in total. The summed E-state index contributed by atoms with van der Waals surface area (Å²) in [5.41, 5.74) is 0.944. The van der Waals surface area contributed by atoms with Crippen LogP contribution in [0.25, 0.3) is 5.82 Å². The zero-order chi connectivity index (χ0) is 12.6. The van der Waals surface area contributed by atoms with E-state index in [1.165, 1.54) is 4.68 Å². The number of nitrogens with zero attached hydrogens (tertiary/aromatic N) is 5. The van der Waals surface area contributed by atoms with Crippen molar-refractivity contribution in [1.29, 1.82) is 0 Å². The average Bonchev–Trinajstić information content (AvgIpc) is 2.65. The molecular formula is C8H5Br2N5O2. The standard InChI is InChI=1S/C8H5Br2N5O2/c1-4-2-6(11-3-5(4)9)14-7(10)12-8(13-14)15(16)17/h2-3H,1H3. The van der Waals surface area contributed by atoms with Crippen LogP contribution in [0.2, 0.25) is 0 Å². The third-order valence-electron chi connectivity index (χ3n) is 1.97. The van der Waals surface area contributed by atoms with Crippen LogP contribution in [0.5, 0.6) is 0 Å². The van der Waals surface area contributed by atoms with E-state index in [1.807, 2.05) is 6.92 Å². The average molecular weight is 363 g/mol. The summed E-state index contributed by atoms with van der Waals surface area (Å²) in [6.45, 7) is 1.88. The van der Waals surface area contributed by atoms with Crippen LogP contribution in [-0.2, 0) is 0 Å². The lowest BCUT2D eigenvalue weighted by Crippen LogP contribution is -2.01. The molecule has 0 bridgehead atoms. The van der Waals surface area contributed by atoms with Gasteiger partial charge in [-0.15, -0.1) is 4.68 Å². The van der Waals surface area contributed by atoms with Crippen molar-refractivity contribution in [3.05, 3.63) is 37.1 Å². The van der Waals surface area contributed by atoms with E-state index in [0.717, 1.165) is 10.0 Å². The molecule has 2 heterocycles. The minimum Gasteiger partial charge on any atom is -0.390 e. The van der Waals surface area contributed by atoms with Gasteiger partial charge in [0.25, 0.3) is 4.73 Å². The van der Waals surface area contributed by atoms with Crippen LogP contribution in [0.4, 0.5) is 5.95 Å². The summed E-state index contributed by atoms with van der Waals surface area (Å²) in [6.07, 6.45) is 1.60. The van der Waals surface area contributed by atoms with E-state index in [-0.39, 0.29) is 4.73 Å². The number of rotatable bonds is 2. The van der Waals surface area contributed by atoms with E-state index < -0.39 is 10.9 Å². The predicted molar refractivity (Wildman–Crippen MR) is 65.9 cm³/mol. The SMILES string of the molecule is Cc1cc(-n2nc([N+](=O)[O-])nc2Br)ncc1Br. The van der Waals surface area contributed by atoms with Gasteiger partial charge < -0.3 is 10.1 Å². The minimum absolute atomic E-state index is 0.235. The highest BCUT2D eigenvalue weighted by Gasteiger charge is 2.21. The zero-order valence-corrected chi connectivity index (χ0v) is 11.6. The Balaban J connectivity index is 2.52. The van der Waals surface area contributed by atoms with Crippen LogP contribution < -0.4 is 0 Å². The summed E-state index contributed by atoms with van der Waals surface area (Å²) in [7, 11) is 0. The van der Waals surface area contributed by atoms with Gasteiger partial charge in [0.15, 0.2) is 5.82 Å². The number of aromatic nitrogens is 4. The summed E-state index contributed by atoms with van der Waals surface area (Å²) >= 11 is 6.42. The fraction of sp³-hybridized carbons (Fsp3) is 0.125. The van der Waals surface area contributed by atoms with Crippen molar-refractivity contribution in [1.82, 2.24) is 19.7 Å². The molecule has 2 aromatic rings. The van der Waals surface area contributed by atoms with Gasteiger partial charge in [-0.25, -0.2) is 4.98 Å². The number of hydrogen-bond donors (Lipinski definition) is 0. The molecule has 9 heteroatoms. The third-order valence-corrected chi connectivity index (χ3v) is 3.31. The summed E-state index contributed by atoms with van der Waals surface area (Å²) in [5, 5.41) is 14.3. The Labute approximate surface area is 112 Å². The summed E-state index contributed by atoms with van der Waals surface area (Å²) in [5.74, 6) is -0.0163. The van der Waals surface area contributed by atoms with Crippen LogP contribution in [-0.4, -0.2) is 24.7 Å². The Morgan fingerprint density at radius 2 is 2.18 bits per heavy atom. The molecule has 0 atom stereocenters. The molecule has 0 aliphatic rings. The van der Waals surface area contributed by atoms with Gasteiger partial charge in [0, 0.05) is 31.7 Å². The Morgan fingerprint density at radius 3 is 2.71 bits per heavy atom. The minimum atomic E-state index is -0.660. The maximum Gasteiger partial charge on any atom is 0.492 e. The molecule has 0 saturated carbocycles. The first kappa shape index (κ1) is 12.1. The molecule has 2 rings (SSSR count). The van der Waals surface area contributed by atoms with Crippen LogP contribution in [0.15, 0.2) is 21.5 Å². The second-order valence-electron chi connectivity index (χ2n) is 3.14. The van der Waals surface area contributed by atoms with Gasteiger partial charge in [-0.3, -0.25) is 0 Å². The van der Waals surface area contributed by atoms with E-state index in [1.54, 1.807) is 12.3 Å². The molecule has 0 spiro atoms. The first-order valence-corrected chi connectivity index (χ1v) is 5.97. The van der Waals surface area contributed by atoms with Crippen LogP contribution in [0.1, 0.15) is 5.56 Å². The number of halogens is 2. The van der Waals surface area contributed by atoms with Crippen LogP contribution in [0.3, 0.4) is 0 Å². The molecule has 0 amide bonds. The van der Waals surface area contributed by atoms with E-state index in [2.05, 4.69) is 46.9 Å². The maximum absolute atomic E-state index is 10.5. The van der Waals surface area contributed by atoms with Gasteiger partial charge >= 0.3 is 5.95 Å². The smallest absolute Gasteiger partial charge is 0.390 e. The Kier molecular flexibility index (Phi) is 3.20. The van der Waals surface area contributed by atoms with Crippen molar-refractivity contribution in [2.45, 2.75) is 6.92 Å². The summed E-state index contributed by atoms with van der Waals surface area (Å²) < 4.78 is 2.35.